The van der Waals surface area contributed by atoms with Crippen molar-refractivity contribution >= 4 is 46.5 Å². The van der Waals surface area contributed by atoms with Crippen molar-refractivity contribution in [3.63, 3.8) is 0 Å². The largest absolute Gasteiger partial charge is 0.545 e. The monoisotopic (exact) mass is 429 g/mol. The maximum absolute atomic E-state index is 11.3. The number of anilines is 2. The second-order valence-corrected chi connectivity index (χ2v) is 6.75. The molecule has 0 radical (unpaired) electrons. The lowest BCUT2D eigenvalue weighted by atomic mass is 10.1. The Morgan fingerprint density at radius 3 is 2.41 bits per heavy atom. The van der Waals surface area contributed by atoms with Crippen LogP contribution in [-0.2, 0) is 6.61 Å². The van der Waals surface area contributed by atoms with Gasteiger partial charge in [-0.25, -0.2) is 0 Å². The zero-order valence-electron chi connectivity index (χ0n) is 14.8. The van der Waals surface area contributed by atoms with Gasteiger partial charge in [0.1, 0.15) is 17.4 Å². The van der Waals surface area contributed by atoms with Gasteiger partial charge in [-0.1, -0.05) is 59.6 Å². The molecule has 0 saturated carbocycles. The number of para-hydroxylation sites is 1. The number of hydrogen-bond donors (Lipinski definition) is 1. The maximum Gasteiger partial charge on any atom is 0.140 e. The zero-order chi connectivity index (χ0) is 21.0. The molecule has 0 amide bonds. The van der Waals surface area contributed by atoms with Crippen LogP contribution in [-0.4, -0.2) is 11.9 Å². The van der Waals surface area contributed by atoms with Crippen molar-refractivity contribution in [2.75, 3.05) is 5.32 Å². The number of benzene rings is 3. The molecule has 0 spiro atoms. The Hall–Kier alpha value is -3.22. The molecule has 3 aromatic rings. The summed E-state index contributed by atoms with van der Waals surface area (Å²) in [6, 6.07) is 15.4. The van der Waals surface area contributed by atoms with E-state index < -0.39 is 11.9 Å². The molecule has 3 aromatic carbocycles. The average Bonchev–Trinajstić information content (AvgIpc) is 2.71. The van der Waals surface area contributed by atoms with Crippen molar-refractivity contribution in [3.05, 3.63) is 87.4 Å². The van der Waals surface area contributed by atoms with Gasteiger partial charge in [-0.2, -0.15) is 0 Å². The second-order valence-electron chi connectivity index (χ2n) is 5.97. The number of hydrogen-bond acceptors (Lipinski definition) is 6. The number of nitrogens with one attached hydrogen (secondary N) is 1. The highest BCUT2D eigenvalue weighted by atomic mass is 35.5. The number of aromatic carboxylic acids is 2. The summed E-state index contributed by atoms with van der Waals surface area (Å²) < 4.78 is 5.70. The molecule has 0 unspecified atom stereocenters. The summed E-state index contributed by atoms with van der Waals surface area (Å²) in [5.74, 6) is -2.35. The standard InChI is InChI=1S/C21H15Cl2NO5/c22-15-8-9-17(29-11-12-4-3-5-13(10-12)20(25)26)18(23)19(15)24-16-7-2-1-6-14(16)21(27)28/h1-10,24H,11H2,(H,25,26)(H,27,28)/p-2. The highest BCUT2D eigenvalue weighted by Gasteiger charge is 2.14. The summed E-state index contributed by atoms with van der Waals surface area (Å²) in [4.78, 5) is 22.3. The van der Waals surface area contributed by atoms with Gasteiger partial charge in [0.2, 0.25) is 0 Å². The molecule has 0 aliphatic rings. The third-order valence-electron chi connectivity index (χ3n) is 4.02. The van der Waals surface area contributed by atoms with Crippen molar-refractivity contribution in [1.29, 1.82) is 0 Å². The molecule has 0 aromatic heterocycles. The molecule has 0 saturated heterocycles. The summed E-state index contributed by atoms with van der Waals surface area (Å²) in [5.41, 5.74) is 1.12. The Balaban J connectivity index is 1.85. The molecule has 1 N–H and O–H groups in total. The summed E-state index contributed by atoms with van der Waals surface area (Å²) in [5, 5.41) is 25.6. The average molecular weight is 430 g/mol. The van der Waals surface area contributed by atoms with Gasteiger partial charge in [-0.3, -0.25) is 0 Å². The summed E-state index contributed by atoms with van der Waals surface area (Å²) in [6.07, 6.45) is 0. The lowest BCUT2D eigenvalue weighted by Gasteiger charge is -2.17. The number of carboxylic acid groups (broad SMARTS) is 2. The molecule has 0 fully saturated rings. The van der Waals surface area contributed by atoms with Gasteiger partial charge in [-0.05, 0) is 35.4 Å². The molecule has 6 nitrogen and oxygen atoms in total. The van der Waals surface area contributed by atoms with Crippen LogP contribution >= 0.6 is 23.2 Å². The van der Waals surface area contributed by atoms with Crippen molar-refractivity contribution in [1.82, 2.24) is 0 Å². The van der Waals surface area contributed by atoms with E-state index in [-0.39, 0.29) is 44.9 Å². The molecule has 3 rings (SSSR count). The molecule has 0 heterocycles. The molecule has 8 heteroatoms. The van der Waals surface area contributed by atoms with Crippen LogP contribution in [0.1, 0.15) is 26.3 Å². The van der Waals surface area contributed by atoms with Crippen LogP contribution in [0.4, 0.5) is 11.4 Å². The summed E-state index contributed by atoms with van der Waals surface area (Å²) >= 11 is 12.6. The van der Waals surface area contributed by atoms with E-state index in [9.17, 15) is 19.8 Å². The number of rotatable bonds is 7. The third-order valence-corrected chi connectivity index (χ3v) is 4.71. The maximum atomic E-state index is 11.3. The van der Waals surface area contributed by atoms with Gasteiger partial charge in [0, 0.05) is 11.3 Å². The first-order chi connectivity index (χ1) is 13.9. The van der Waals surface area contributed by atoms with Crippen LogP contribution in [0.2, 0.25) is 10.0 Å². The van der Waals surface area contributed by atoms with Gasteiger partial charge < -0.3 is 29.9 Å². The Kier molecular flexibility index (Phi) is 6.26. The quantitative estimate of drug-likeness (QED) is 0.619. The van der Waals surface area contributed by atoms with Crippen molar-refractivity contribution in [3.8, 4) is 5.75 Å². The normalized spacial score (nSPS) is 10.4. The molecule has 29 heavy (non-hydrogen) atoms. The smallest absolute Gasteiger partial charge is 0.140 e. The minimum atomic E-state index is -1.35. The van der Waals surface area contributed by atoms with Crippen LogP contribution in [0, 0.1) is 0 Å². The van der Waals surface area contributed by atoms with Gasteiger partial charge in [0.05, 0.1) is 22.6 Å². The fourth-order valence-electron chi connectivity index (χ4n) is 2.61. The predicted molar refractivity (Wildman–Crippen MR) is 106 cm³/mol. The molecular weight excluding hydrogens is 417 g/mol. The lowest BCUT2D eigenvalue weighted by Crippen LogP contribution is -2.23. The molecule has 0 bridgehead atoms. The lowest BCUT2D eigenvalue weighted by molar-refractivity contribution is -0.256. The minimum absolute atomic E-state index is 0.0366. The Morgan fingerprint density at radius 2 is 1.69 bits per heavy atom. The van der Waals surface area contributed by atoms with Crippen LogP contribution in [0.25, 0.3) is 0 Å². The van der Waals surface area contributed by atoms with Crippen molar-refractivity contribution in [2.24, 2.45) is 0 Å². The van der Waals surface area contributed by atoms with Gasteiger partial charge in [0.15, 0.2) is 0 Å². The van der Waals surface area contributed by atoms with E-state index in [1.807, 2.05) is 0 Å². The Bertz CT molecular complexity index is 1080. The molecule has 0 aliphatic carbocycles. The topological polar surface area (TPSA) is 102 Å². The summed E-state index contributed by atoms with van der Waals surface area (Å²) in [6.45, 7) is 0.0531. The van der Waals surface area contributed by atoms with E-state index in [1.54, 1.807) is 42.5 Å². The van der Waals surface area contributed by atoms with E-state index in [2.05, 4.69) is 5.32 Å². The number of halogens is 2. The second kappa shape index (κ2) is 8.86. The van der Waals surface area contributed by atoms with Crippen LogP contribution in [0.5, 0.6) is 5.75 Å². The Labute approximate surface area is 176 Å². The highest BCUT2D eigenvalue weighted by Crippen LogP contribution is 2.40. The fraction of sp³-hybridized carbons (Fsp3) is 0.0476. The van der Waals surface area contributed by atoms with Gasteiger partial charge in [0.25, 0.3) is 0 Å². The van der Waals surface area contributed by atoms with E-state index in [1.165, 1.54) is 18.2 Å². The van der Waals surface area contributed by atoms with Gasteiger partial charge >= 0.3 is 0 Å². The number of carbonyl (C=O) groups excluding carboxylic acids is 2. The number of carbonyl (C=O) groups is 2. The first-order valence-corrected chi connectivity index (χ1v) is 9.11. The predicted octanol–water partition coefficient (Wildman–Crippen LogP) is 3.04. The van der Waals surface area contributed by atoms with E-state index in [0.29, 0.717) is 5.56 Å². The molecule has 0 aliphatic heterocycles. The number of ether oxygens (including phenoxy) is 1. The highest BCUT2D eigenvalue weighted by molar-refractivity contribution is 6.40. The first-order valence-electron chi connectivity index (χ1n) is 8.35. The van der Waals surface area contributed by atoms with E-state index in [4.69, 9.17) is 27.9 Å². The van der Waals surface area contributed by atoms with E-state index >= 15 is 0 Å². The van der Waals surface area contributed by atoms with Crippen LogP contribution in [0.3, 0.4) is 0 Å². The van der Waals surface area contributed by atoms with Crippen LogP contribution in [0.15, 0.2) is 60.7 Å². The SMILES string of the molecule is O=C([O-])c1cccc(COc2ccc(Cl)c(Nc3ccccc3C(=O)[O-])c2Cl)c1. The van der Waals surface area contributed by atoms with Crippen LogP contribution < -0.4 is 20.3 Å². The zero-order valence-corrected chi connectivity index (χ0v) is 16.3. The van der Waals surface area contributed by atoms with Gasteiger partial charge in [-0.15, -0.1) is 0 Å². The molecule has 0 atom stereocenters. The van der Waals surface area contributed by atoms with Crippen molar-refractivity contribution < 1.29 is 24.5 Å². The first kappa shape index (κ1) is 20.5. The summed E-state index contributed by atoms with van der Waals surface area (Å²) in [7, 11) is 0. The minimum Gasteiger partial charge on any atom is -0.545 e. The van der Waals surface area contributed by atoms with Crippen molar-refractivity contribution in [2.45, 2.75) is 6.61 Å². The number of carboxylic acids is 2. The molecular formula is C21H13Cl2NO5-2. The van der Waals surface area contributed by atoms with E-state index in [0.717, 1.165) is 0 Å². The Morgan fingerprint density at radius 1 is 0.931 bits per heavy atom. The third kappa shape index (κ3) is 4.80. The molecule has 148 valence electrons. The fourth-order valence-corrected chi connectivity index (χ4v) is 3.13.